The van der Waals surface area contributed by atoms with Crippen LogP contribution in [0.4, 0.5) is 19.0 Å². The molecule has 0 aromatic carbocycles. The third kappa shape index (κ3) is 3.39. The maximum Gasteiger partial charge on any atom is 0.433 e. The van der Waals surface area contributed by atoms with Gasteiger partial charge in [-0.1, -0.05) is 0 Å². The van der Waals surface area contributed by atoms with Crippen molar-refractivity contribution in [2.75, 3.05) is 18.0 Å². The predicted octanol–water partition coefficient (Wildman–Crippen LogP) is 1.55. The van der Waals surface area contributed by atoms with Crippen molar-refractivity contribution in [3.63, 3.8) is 0 Å². The average Bonchev–Trinajstić information content (AvgIpc) is 3.30. The Morgan fingerprint density at radius 3 is 2.85 bits per heavy atom. The van der Waals surface area contributed by atoms with Crippen LogP contribution in [-0.2, 0) is 6.18 Å². The lowest BCUT2D eigenvalue weighted by Gasteiger charge is -2.18. The Kier molecular flexibility index (Phi) is 4.13. The van der Waals surface area contributed by atoms with Crippen LogP contribution < -0.4 is 10.2 Å². The van der Waals surface area contributed by atoms with Crippen LogP contribution in [0.5, 0.6) is 0 Å². The summed E-state index contributed by atoms with van der Waals surface area (Å²) in [6.45, 7) is 1.18. The van der Waals surface area contributed by atoms with Crippen molar-refractivity contribution in [1.82, 2.24) is 29.9 Å². The lowest BCUT2D eigenvalue weighted by Crippen LogP contribution is -2.37. The van der Waals surface area contributed by atoms with Gasteiger partial charge in [0, 0.05) is 37.7 Å². The van der Waals surface area contributed by atoms with Crippen LogP contribution in [0.1, 0.15) is 22.5 Å². The number of rotatable bonds is 3. The summed E-state index contributed by atoms with van der Waals surface area (Å²) in [4.78, 5) is 21.9. The van der Waals surface area contributed by atoms with Crippen LogP contribution in [0.3, 0.4) is 0 Å². The number of carbonyl (C=O) groups excluding carboxylic acids is 1. The van der Waals surface area contributed by atoms with Gasteiger partial charge in [0.25, 0.3) is 5.91 Å². The molecule has 0 radical (unpaired) electrons. The smallest absolute Gasteiger partial charge is 0.351 e. The number of aromatic nitrogens is 5. The minimum atomic E-state index is -4.53. The Morgan fingerprint density at radius 1 is 1.26 bits per heavy atom. The van der Waals surface area contributed by atoms with Gasteiger partial charge >= 0.3 is 6.18 Å². The molecule has 0 aliphatic carbocycles. The molecule has 8 nitrogen and oxygen atoms in total. The molecule has 3 aromatic heterocycles. The van der Waals surface area contributed by atoms with Gasteiger partial charge in [-0.15, -0.1) is 10.2 Å². The molecule has 11 heteroatoms. The van der Waals surface area contributed by atoms with E-state index in [1.165, 1.54) is 0 Å². The Bertz CT molecular complexity index is 970. The zero-order valence-electron chi connectivity index (χ0n) is 13.9. The summed E-state index contributed by atoms with van der Waals surface area (Å²) in [7, 11) is 0. The molecule has 1 aliphatic heterocycles. The number of alkyl halides is 3. The first-order valence-electron chi connectivity index (χ1n) is 8.15. The lowest BCUT2D eigenvalue weighted by molar-refractivity contribution is -0.141. The highest BCUT2D eigenvalue weighted by Gasteiger charge is 2.32. The van der Waals surface area contributed by atoms with E-state index in [0.29, 0.717) is 31.0 Å². The molecule has 1 atom stereocenters. The molecule has 4 heterocycles. The molecule has 0 saturated carbocycles. The molecule has 1 fully saturated rings. The molecular weight excluding hydrogens is 363 g/mol. The van der Waals surface area contributed by atoms with Gasteiger partial charge in [0.2, 0.25) is 5.65 Å². The van der Waals surface area contributed by atoms with Gasteiger partial charge in [0.1, 0.15) is 12.0 Å². The summed E-state index contributed by atoms with van der Waals surface area (Å²) in [5.41, 5.74) is -0.325. The molecule has 1 amide bonds. The van der Waals surface area contributed by atoms with E-state index in [1.807, 2.05) is 4.90 Å². The number of nitrogens with zero attached hydrogens (tertiary/aromatic N) is 6. The largest absolute Gasteiger partial charge is 0.433 e. The van der Waals surface area contributed by atoms with E-state index < -0.39 is 17.8 Å². The van der Waals surface area contributed by atoms with Gasteiger partial charge in [-0.3, -0.25) is 14.2 Å². The number of carbonyl (C=O) groups is 1. The van der Waals surface area contributed by atoms with Gasteiger partial charge in [0.15, 0.2) is 5.82 Å². The van der Waals surface area contributed by atoms with E-state index in [1.54, 1.807) is 23.1 Å². The maximum absolute atomic E-state index is 12.6. The second kappa shape index (κ2) is 6.49. The average molecular weight is 377 g/mol. The Labute approximate surface area is 151 Å². The highest BCUT2D eigenvalue weighted by Crippen LogP contribution is 2.27. The van der Waals surface area contributed by atoms with Crippen molar-refractivity contribution in [1.29, 1.82) is 0 Å². The van der Waals surface area contributed by atoms with E-state index >= 15 is 0 Å². The second-order valence-corrected chi connectivity index (χ2v) is 6.15. The minimum absolute atomic E-state index is 0.0825. The first kappa shape index (κ1) is 17.2. The number of hydrogen-bond donors (Lipinski definition) is 1. The number of amides is 1. The summed E-state index contributed by atoms with van der Waals surface area (Å²) in [5, 5.41) is 10.7. The van der Waals surface area contributed by atoms with Crippen LogP contribution in [0, 0.1) is 0 Å². The highest BCUT2D eigenvalue weighted by atomic mass is 19.4. The standard InChI is InChI=1S/C16H14F3N7O/c17-16(18,19)12-2-1-10(7-21-12)15(27)23-11-3-5-25(8-11)13-14-24-22-9-26(14)6-4-20-13/h1-2,4,6-7,9,11H,3,5,8H2,(H,23,27). The van der Waals surface area contributed by atoms with Crippen LogP contribution >= 0.6 is 0 Å². The molecule has 1 aliphatic rings. The van der Waals surface area contributed by atoms with Crippen LogP contribution in [0.25, 0.3) is 5.65 Å². The number of pyridine rings is 1. The number of halogens is 3. The highest BCUT2D eigenvalue weighted by molar-refractivity contribution is 5.94. The summed E-state index contributed by atoms with van der Waals surface area (Å²) in [6, 6.07) is 1.76. The van der Waals surface area contributed by atoms with Crippen molar-refractivity contribution in [2.24, 2.45) is 0 Å². The molecule has 3 aromatic rings. The van der Waals surface area contributed by atoms with Crippen molar-refractivity contribution in [3.05, 3.63) is 48.3 Å². The number of anilines is 1. The van der Waals surface area contributed by atoms with E-state index in [4.69, 9.17) is 0 Å². The summed E-state index contributed by atoms with van der Waals surface area (Å²) in [6.07, 6.45) is 2.04. The predicted molar refractivity (Wildman–Crippen MR) is 88.1 cm³/mol. The molecular formula is C16H14F3N7O. The zero-order valence-corrected chi connectivity index (χ0v) is 13.9. The topological polar surface area (TPSA) is 88.3 Å². The van der Waals surface area contributed by atoms with Gasteiger partial charge in [-0.05, 0) is 18.6 Å². The molecule has 4 rings (SSSR count). The number of nitrogens with one attached hydrogen (secondary N) is 1. The molecule has 1 N–H and O–H groups in total. The monoisotopic (exact) mass is 377 g/mol. The van der Waals surface area contributed by atoms with E-state index in [0.717, 1.165) is 18.3 Å². The summed E-state index contributed by atoms with van der Waals surface area (Å²) >= 11 is 0. The summed E-state index contributed by atoms with van der Waals surface area (Å²) in [5.74, 6) is 0.208. The van der Waals surface area contributed by atoms with E-state index in [9.17, 15) is 18.0 Å². The third-order valence-electron chi connectivity index (χ3n) is 4.34. The molecule has 140 valence electrons. The van der Waals surface area contributed by atoms with Gasteiger partial charge < -0.3 is 10.2 Å². The second-order valence-electron chi connectivity index (χ2n) is 6.15. The minimum Gasteiger partial charge on any atom is -0.351 e. The van der Waals surface area contributed by atoms with E-state index in [2.05, 4.69) is 25.5 Å². The molecule has 27 heavy (non-hydrogen) atoms. The van der Waals surface area contributed by atoms with Crippen LogP contribution in [0.2, 0.25) is 0 Å². The van der Waals surface area contributed by atoms with Gasteiger partial charge in [-0.2, -0.15) is 13.2 Å². The Morgan fingerprint density at radius 2 is 2.11 bits per heavy atom. The van der Waals surface area contributed by atoms with Gasteiger partial charge in [-0.25, -0.2) is 4.98 Å². The fourth-order valence-electron chi connectivity index (χ4n) is 3.00. The fourth-order valence-corrected chi connectivity index (χ4v) is 3.00. The summed E-state index contributed by atoms with van der Waals surface area (Å²) < 4.78 is 39.4. The van der Waals surface area contributed by atoms with E-state index in [-0.39, 0.29) is 11.6 Å². The molecule has 1 unspecified atom stereocenters. The Balaban J connectivity index is 1.42. The van der Waals surface area contributed by atoms with Crippen molar-refractivity contribution in [2.45, 2.75) is 18.6 Å². The molecule has 0 bridgehead atoms. The fraction of sp³-hybridized carbons (Fsp3) is 0.312. The molecule has 0 spiro atoms. The first-order valence-corrected chi connectivity index (χ1v) is 8.15. The third-order valence-corrected chi connectivity index (χ3v) is 4.34. The van der Waals surface area contributed by atoms with Crippen LogP contribution in [-0.4, -0.2) is 49.6 Å². The van der Waals surface area contributed by atoms with Crippen molar-refractivity contribution < 1.29 is 18.0 Å². The quantitative estimate of drug-likeness (QED) is 0.745. The SMILES string of the molecule is O=C(NC1CCN(c2nccn3cnnc23)C1)c1ccc(C(F)(F)F)nc1. The van der Waals surface area contributed by atoms with Crippen LogP contribution in [0.15, 0.2) is 37.1 Å². The zero-order chi connectivity index (χ0) is 19.0. The number of hydrogen-bond acceptors (Lipinski definition) is 6. The normalized spacial score (nSPS) is 17.4. The maximum atomic E-state index is 12.6. The van der Waals surface area contributed by atoms with Gasteiger partial charge in [0.05, 0.1) is 5.56 Å². The molecule has 1 saturated heterocycles. The van der Waals surface area contributed by atoms with Crippen molar-refractivity contribution in [3.8, 4) is 0 Å². The number of fused-ring (bicyclic) bond motifs is 1. The van der Waals surface area contributed by atoms with Crippen molar-refractivity contribution >= 4 is 17.4 Å². The first-order chi connectivity index (χ1) is 12.9. The lowest BCUT2D eigenvalue weighted by atomic mass is 10.2. The Hall–Kier alpha value is -3.24.